The van der Waals surface area contributed by atoms with Gasteiger partial charge in [0, 0.05) is 32.7 Å². The standard InChI is InChI=1S/C9H7S2.Y/c1-10-9-6-7-4-2-3-5-8(7)11-9;/h2-5H,1H3;/q-1;. The van der Waals surface area contributed by atoms with Crippen molar-refractivity contribution in [2.45, 2.75) is 4.21 Å². The van der Waals surface area contributed by atoms with Crippen LogP contribution in [0.3, 0.4) is 0 Å². The molecule has 3 heteroatoms. The van der Waals surface area contributed by atoms with Crippen LogP contribution in [0.4, 0.5) is 0 Å². The second-order valence-corrected chi connectivity index (χ2v) is 4.34. The molecule has 0 saturated heterocycles. The molecule has 1 aromatic heterocycles. The van der Waals surface area contributed by atoms with E-state index in [0.717, 1.165) is 0 Å². The summed E-state index contributed by atoms with van der Waals surface area (Å²) in [5.74, 6) is 0. The van der Waals surface area contributed by atoms with Gasteiger partial charge in [-0.3, -0.25) is 0 Å². The minimum Gasteiger partial charge on any atom is -0.212 e. The Kier molecular flexibility index (Phi) is 4.24. The second kappa shape index (κ2) is 4.75. The fraction of sp³-hybridized carbons (Fsp3) is 0.111. The minimum atomic E-state index is 0. The van der Waals surface area contributed by atoms with E-state index in [4.69, 9.17) is 0 Å². The number of thioether (sulfide) groups is 1. The van der Waals surface area contributed by atoms with Crippen molar-refractivity contribution in [3.8, 4) is 0 Å². The quantitative estimate of drug-likeness (QED) is 0.564. The van der Waals surface area contributed by atoms with Crippen molar-refractivity contribution in [3.63, 3.8) is 0 Å². The first-order valence-electron chi connectivity index (χ1n) is 3.35. The molecule has 0 aliphatic carbocycles. The number of thiophene rings is 1. The third-order valence-corrected chi connectivity index (χ3v) is 3.60. The summed E-state index contributed by atoms with van der Waals surface area (Å²) in [5.41, 5.74) is 0. The van der Waals surface area contributed by atoms with Gasteiger partial charge in [0.15, 0.2) is 0 Å². The number of fused-ring (bicyclic) bond motifs is 1. The molecule has 1 heterocycles. The van der Waals surface area contributed by atoms with Crippen LogP contribution in [0, 0.1) is 6.07 Å². The van der Waals surface area contributed by atoms with Crippen LogP contribution in [0.2, 0.25) is 0 Å². The number of hydrogen-bond donors (Lipinski definition) is 0. The molecule has 59 valence electrons. The maximum Gasteiger partial charge on any atom is 0 e. The molecule has 0 aliphatic rings. The van der Waals surface area contributed by atoms with Gasteiger partial charge in [-0.2, -0.15) is 17.5 Å². The zero-order chi connectivity index (χ0) is 7.68. The predicted molar refractivity (Wildman–Crippen MR) is 52.4 cm³/mol. The molecule has 0 nitrogen and oxygen atoms in total. The number of hydrogen-bond acceptors (Lipinski definition) is 2. The van der Waals surface area contributed by atoms with Crippen molar-refractivity contribution in [3.05, 3.63) is 30.3 Å². The molecule has 2 rings (SSSR count). The molecule has 12 heavy (non-hydrogen) atoms. The van der Waals surface area contributed by atoms with Crippen LogP contribution in [0.15, 0.2) is 28.5 Å². The fourth-order valence-corrected chi connectivity index (χ4v) is 2.54. The van der Waals surface area contributed by atoms with Gasteiger partial charge in [0.05, 0.1) is 0 Å². The molecule has 0 atom stereocenters. The van der Waals surface area contributed by atoms with Crippen LogP contribution >= 0.6 is 23.1 Å². The molecule has 0 spiro atoms. The summed E-state index contributed by atoms with van der Waals surface area (Å²) in [6.45, 7) is 0. The number of benzene rings is 1. The van der Waals surface area contributed by atoms with E-state index in [-0.39, 0.29) is 32.7 Å². The maximum atomic E-state index is 3.33. The van der Waals surface area contributed by atoms with E-state index in [1.165, 1.54) is 14.3 Å². The summed E-state index contributed by atoms with van der Waals surface area (Å²) in [4.78, 5) is 0. The molecule has 0 saturated carbocycles. The summed E-state index contributed by atoms with van der Waals surface area (Å²) in [7, 11) is 0. The Labute approximate surface area is 106 Å². The van der Waals surface area contributed by atoms with Crippen molar-refractivity contribution >= 4 is 33.2 Å². The molecule has 1 radical (unpaired) electrons. The Balaban J connectivity index is 0.000000720. The summed E-state index contributed by atoms with van der Waals surface area (Å²) in [6.07, 6.45) is 2.08. The second-order valence-electron chi connectivity index (χ2n) is 2.21. The molecule has 0 N–H and O–H groups in total. The largest absolute Gasteiger partial charge is 0.212 e. The van der Waals surface area contributed by atoms with Gasteiger partial charge in [-0.05, 0) is 10.5 Å². The van der Waals surface area contributed by atoms with Crippen molar-refractivity contribution < 1.29 is 32.7 Å². The van der Waals surface area contributed by atoms with Gasteiger partial charge in [0.25, 0.3) is 0 Å². The van der Waals surface area contributed by atoms with E-state index in [2.05, 4.69) is 36.6 Å². The normalized spacial score (nSPS) is 9.75. The van der Waals surface area contributed by atoms with E-state index in [9.17, 15) is 0 Å². The molecule has 0 aliphatic heterocycles. The monoisotopic (exact) mass is 268 g/mol. The summed E-state index contributed by atoms with van der Waals surface area (Å²) in [6, 6.07) is 11.7. The van der Waals surface area contributed by atoms with Crippen LogP contribution in [0.25, 0.3) is 10.1 Å². The average molecular weight is 268 g/mol. The molecular weight excluding hydrogens is 261 g/mol. The topological polar surface area (TPSA) is 0 Å². The van der Waals surface area contributed by atoms with Crippen molar-refractivity contribution in [2.24, 2.45) is 0 Å². The Hall–Kier alpha value is 0.634. The fourth-order valence-electron chi connectivity index (χ4n) is 0.987. The average Bonchev–Trinajstić information content (AvgIpc) is 2.46. The first kappa shape index (κ1) is 10.7. The van der Waals surface area contributed by atoms with Crippen molar-refractivity contribution in [1.82, 2.24) is 0 Å². The van der Waals surface area contributed by atoms with Gasteiger partial charge in [0.1, 0.15) is 0 Å². The Morgan fingerprint density at radius 2 is 2.08 bits per heavy atom. The molecule has 0 bridgehead atoms. The van der Waals surface area contributed by atoms with E-state index >= 15 is 0 Å². The van der Waals surface area contributed by atoms with Crippen molar-refractivity contribution in [1.29, 1.82) is 0 Å². The SMILES string of the molecule is CSc1[c-]c2ccccc2s1.[Y]. The van der Waals surface area contributed by atoms with Crippen LogP contribution < -0.4 is 0 Å². The first-order valence-corrected chi connectivity index (χ1v) is 5.39. The van der Waals surface area contributed by atoms with Gasteiger partial charge in [0.2, 0.25) is 0 Å². The summed E-state index contributed by atoms with van der Waals surface area (Å²) >= 11 is 3.56. The van der Waals surface area contributed by atoms with Gasteiger partial charge in [-0.15, -0.1) is 23.9 Å². The van der Waals surface area contributed by atoms with E-state index < -0.39 is 0 Å². The Bertz CT molecular complexity index is 334. The molecule has 0 unspecified atom stereocenters. The van der Waals surface area contributed by atoms with E-state index in [1.54, 1.807) is 23.1 Å². The van der Waals surface area contributed by atoms with Gasteiger partial charge >= 0.3 is 0 Å². The van der Waals surface area contributed by atoms with Crippen LogP contribution in [0.5, 0.6) is 0 Å². The van der Waals surface area contributed by atoms with Crippen LogP contribution in [-0.2, 0) is 32.7 Å². The summed E-state index contributed by atoms with van der Waals surface area (Å²) < 4.78 is 2.60. The molecule has 0 fully saturated rings. The smallest absolute Gasteiger partial charge is 0 e. The van der Waals surface area contributed by atoms with E-state index in [1.807, 2.05) is 0 Å². The van der Waals surface area contributed by atoms with E-state index in [0.29, 0.717) is 0 Å². The Morgan fingerprint density at radius 3 is 2.75 bits per heavy atom. The maximum absolute atomic E-state index is 3.33. The first-order chi connectivity index (χ1) is 5.40. The van der Waals surface area contributed by atoms with Crippen molar-refractivity contribution in [2.75, 3.05) is 6.26 Å². The van der Waals surface area contributed by atoms with Gasteiger partial charge in [-0.1, -0.05) is 10.8 Å². The zero-order valence-corrected chi connectivity index (χ0v) is 11.2. The van der Waals surface area contributed by atoms with Gasteiger partial charge in [-0.25, -0.2) is 11.3 Å². The Morgan fingerprint density at radius 1 is 1.33 bits per heavy atom. The minimum absolute atomic E-state index is 0. The van der Waals surface area contributed by atoms with Crippen LogP contribution in [-0.4, -0.2) is 6.26 Å². The number of rotatable bonds is 1. The third kappa shape index (κ3) is 2.11. The zero-order valence-electron chi connectivity index (χ0n) is 6.70. The summed E-state index contributed by atoms with van der Waals surface area (Å²) in [5, 5.41) is 1.24. The molecule has 0 amide bonds. The molecular formula is C9H7S2Y-. The van der Waals surface area contributed by atoms with Crippen LogP contribution in [0.1, 0.15) is 0 Å². The predicted octanol–water partition coefficient (Wildman–Crippen LogP) is 3.42. The molecule has 2 aromatic rings. The van der Waals surface area contributed by atoms with Gasteiger partial charge < -0.3 is 0 Å². The third-order valence-electron chi connectivity index (χ3n) is 1.51. The molecule has 1 aromatic carbocycles.